The quantitative estimate of drug-likeness (QED) is 0.769. The number of rotatable bonds is 4. The van der Waals surface area contributed by atoms with Crippen LogP contribution in [0.2, 0.25) is 0 Å². The SMILES string of the molecule is O=C(c1cccc(S(=O)(=O)NC2CCS(=O)(=O)C2)c1)N1CCC2CCCCC2C1. The molecule has 29 heavy (non-hydrogen) atoms. The number of carbonyl (C=O) groups is 1. The monoisotopic (exact) mass is 440 g/mol. The highest BCUT2D eigenvalue weighted by atomic mass is 32.2. The van der Waals surface area contributed by atoms with Crippen molar-refractivity contribution in [1.29, 1.82) is 0 Å². The molecule has 1 aromatic rings. The first kappa shape index (κ1) is 20.8. The number of benzene rings is 1. The number of sulfonamides is 1. The zero-order chi connectivity index (χ0) is 20.6. The first-order valence-corrected chi connectivity index (χ1v) is 13.7. The molecule has 1 N–H and O–H groups in total. The van der Waals surface area contributed by atoms with Gasteiger partial charge in [-0.3, -0.25) is 4.79 Å². The van der Waals surface area contributed by atoms with Crippen molar-refractivity contribution in [3.05, 3.63) is 29.8 Å². The van der Waals surface area contributed by atoms with Crippen LogP contribution in [0.25, 0.3) is 0 Å². The molecule has 0 bridgehead atoms. The third-order valence-electron chi connectivity index (χ3n) is 6.52. The van der Waals surface area contributed by atoms with E-state index in [-0.39, 0.29) is 28.7 Å². The number of sulfone groups is 1. The van der Waals surface area contributed by atoms with Crippen LogP contribution in [0.3, 0.4) is 0 Å². The van der Waals surface area contributed by atoms with Gasteiger partial charge in [0, 0.05) is 24.7 Å². The Morgan fingerprint density at radius 3 is 2.55 bits per heavy atom. The maximum Gasteiger partial charge on any atom is 0.253 e. The Morgan fingerprint density at radius 1 is 1.07 bits per heavy atom. The molecule has 1 saturated carbocycles. The molecule has 0 spiro atoms. The number of likely N-dealkylation sites (tertiary alicyclic amines) is 1. The maximum absolute atomic E-state index is 13.0. The number of piperidine rings is 1. The van der Waals surface area contributed by atoms with Crippen molar-refractivity contribution in [3.8, 4) is 0 Å². The Morgan fingerprint density at radius 2 is 1.83 bits per heavy atom. The van der Waals surface area contributed by atoms with E-state index in [4.69, 9.17) is 0 Å². The molecule has 4 rings (SSSR count). The summed E-state index contributed by atoms with van der Waals surface area (Å²) < 4.78 is 51.1. The molecule has 0 radical (unpaired) electrons. The van der Waals surface area contributed by atoms with Crippen LogP contribution in [0, 0.1) is 11.8 Å². The van der Waals surface area contributed by atoms with E-state index in [9.17, 15) is 21.6 Å². The molecule has 2 aliphatic heterocycles. The van der Waals surface area contributed by atoms with Gasteiger partial charge in [-0.05, 0) is 49.3 Å². The minimum Gasteiger partial charge on any atom is -0.338 e. The van der Waals surface area contributed by atoms with E-state index in [0.29, 0.717) is 17.4 Å². The Labute approximate surface area is 172 Å². The molecule has 3 atom stereocenters. The molecule has 9 heteroatoms. The summed E-state index contributed by atoms with van der Waals surface area (Å²) >= 11 is 0. The molecule has 7 nitrogen and oxygen atoms in total. The van der Waals surface area contributed by atoms with Gasteiger partial charge in [0.25, 0.3) is 5.91 Å². The van der Waals surface area contributed by atoms with Crippen molar-refractivity contribution in [1.82, 2.24) is 9.62 Å². The number of hydrogen-bond donors (Lipinski definition) is 1. The molecular formula is C20H28N2O5S2. The second kappa shape index (κ2) is 8.00. The summed E-state index contributed by atoms with van der Waals surface area (Å²) in [5, 5.41) is 0. The van der Waals surface area contributed by atoms with Gasteiger partial charge in [0.15, 0.2) is 9.84 Å². The number of carbonyl (C=O) groups excluding carboxylic acids is 1. The lowest BCUT2D eigenvalue weighted by molar-refractivity contribution is 0.0520. The number of hydrogen-bond acceptors (Lipinski definition) is 5. The van der Waals surface area contributed by atoms with E-state index in [1.165, 1.54) is 31.4 Å². The Hall–Kier alpha value is -1.45. The van der Waals surface area contributed by atoms with Crippen LogP contribution >= 0.6 is 0 Å². The van der Waals surface area contributed by atoms with E-state index in [1.54, 1.807) is 12.1 Å². The Kier molecular flexibility index (Phi) is 5.74. The third kappa shape index (κ3) is 4.67. The fourth-order valence-electron chi connectivity index (χ4n) is 4.94. The predicted molar refractivity (Wildman–Crippen MR) is 110 cm³/mol. The molecule has 3 unspecified atom stereocenters. The molecule has 2 saturated heterocycles. The summed E-state index contributed by atoms with van der Waals surface area (Å²) in [5.74, 6) is 0.956. The predicted octanol–water partition coefficient (Wildman–Crippen LogP) is 1.80. The van der Waals surface area contributed by atoms with E-state index < -0.39 is 25.9 Å². The number of fused-ring (bicyclic) bond motifs is 1. The topological polar surface area (TPSA) is 101 Å². The number of amides is 1. The van der Waals surface area contributed by atoms with Gasteiger partial charge in [0.2, 0.25) is 10.0 Å². The molecule has 2 heterocycles. The average molecular weight is 441 g/mol. The molecule has 1 aromatic carbocycles. The minimum absolute atomic E-state index is 0.000185. The molecule has 160 valence electrons. The number of nitrogens with one attached hydrogen (secondary N) is 1. The summed E-state index contributed by atoms with van der Waals surface area (Å²) in [6, 6.07) is 5.45. The summed E-state index contributed by atoms with van der Waals surface area (Å²) in [6.07, 6.45) is 6.21. The van der Waals surface area contributed by atoms with Crippen molar-refractivity contribution in [3.63, 3.8) is 0 Å². The van der Waals surface area contributed by atoms with Gasteiger partial charge in [0.1, 0.15) is 0 Å². The molecular weight excluding hydrogens is 412 g/mol. The lowest BCUT2D eigenvalue weighted by Gasteiger charge is -2.41. The van der Waals surface area contributed by atoms with Crippen molar-refractivity contribution in [2.75, 3.05) is 24.6 Å². The Bertz CT molecular complexity index is 990. The van der Waals surface area contributed by atoms with Gasteiger partial charge in [-0.1, -0.05) is 25.3 Å². The minimum atomic E-state index is -3.88. The van der Waals surface area contributed by atoms with Gasteiger partial charge in [-0.2, -0.15) is 0 Å². The normalized spacial score (nSPS) is 29.4. The van der Waals surface area contributed by atoms with Crippen molar-refractivity contribution in [2.45, 2.75) is 49.5 Å². The molecule has 0 aromatic heterocycles. The van der Waals surface area contributed by atoms with Crippen LogP contribution in [0.1, 0.15) is 48.9 Å². The Balaban J connectivity index is 1.47. The van der Waals surface area contributed by atoms with E-state index in [0.717, 1.165) is 25.9 Å². The summed E-state index contributed by atoms with van der Waals surface area (Å²) in [5.41, 5.74) is 0.362. The van der Waals surface area contributed by atoms with Gasteiger partial charge in [0.05, 0.1) is 16.4 Å². The molecule has 3 aliphatic rings. The summed E-state index contributed by atoms with van der Waals surface area (Å²) in [4.78, 5) is 14.9. The number of nitrogens with zero attached hydrogens (tertiary/aromatic N) is 1. The molecule has 3 fully saturated rings. The summed E-state index contributed by atoms with van der Waals surface area (Å²) in [7, 11) is -7.07. The van der Waals surface area contributed by atoms with Crippen LogP contribution < -0.4 is 4.72 Å². The van der Waals surface area contributed by atoms with Crippen LogP contribution in [0.5, 0.6) is 0 Å². The van der Waals surface area contributed by atoms with E-state index >= 15 is 0 Å². The lowest BCUT2D eigenvalue weighted by Crippen LogP contribution is -2.44. The third-order valence-corrected chi connectivity index (χ3v) is 9.81. The van der Waals surface area contributed by atoms with Crippen LogP contribution in [-0.2, 0) is 19.9 Å². The first-order valence-electron chi connectivity index (χ1n) is 10.4. The lowest BCUT2D eigenvalue weighted by atomic mass is 9.75. The molecule has 1 aliphatic carbocycles. The highest BCUT2D eigenvalue weighted by Crippen LogP contribution is 2.36. The maximum atomic E-state index is 13.0. The molecule has 1 amide bonds. The van der Waals surface area contributed by atoms with Gasteiger partial charge >= 0.3 is 0 Å². The van der Waals surface area contributed by atoms with Gasteiger partial charge < -0.3 is 4.90 Å². The highest BCUT2D eigenvalue weighted by Gasteiger charge is 2.34. The fourth-order valence-corrected chi connectivity index (χ4v) is 8.03. The van der Waals surface area contributed by atoms with E-state index in [1.807, 2.05) is 4.90 Å². The largest absolute Gasteiger partial charge is 0.338 e. The highest BCUT2D eigenvalue weighted by molar-refractivity contribution is 7.92. The van der Waals surface area contributed by atoms with Crippen molar-refractivity contribution >= 4 is 25.8 Å². The average Bonchev–Trinajstić information content (AvgIpc) is 3.04. The smallest absolute Gasteiger partial charge is 0.253 e. The second-order valence-electron chi connectivity index (χ2n) is 8.59. The zero-order valence-electron chi connectivity index (χ0n) is 16.4. The van der Waals surface area contributed by atoms with E-state index in [2.05, 4.69) is 4.72 Å². The van der Waals surface area contributed by atoms with Gasteiger partial charge in [-0.25, -0.2) is 21.6 Å². The summed E-state index contributed by atoms with van der Waals surface area (Å²) in [6.45, 7) is 1.47. The second-order valence-corrected chi connectivity index (χ2v) is 12.5. The van der Waals surface area contributed by atoms with Crippen LogP contribution in [-0.4, -0.2) is 58.3 Å². The first-order chi connectivity index (χ1) is 13.7. The zero-order valence-corrected chi connectivity index (χ0v) is 18.1. The van der Waals surface area contributed by atoms with Crippen LogP contribution in [0.4, 0.5) is 0 Å². The van der Waals surface area contributed by atoms with Crippen molar-refractivity contribution in [2.24, 2.45) is 11.8 Å². The van der Waals surface area contributed by atoms with Crippen molar-refractivity contribution < 1.29 is 21.6 Å². The standard InChI is InChI=1S/C20H28N2O5S2/c23-20(22-10-8-15-4-1-2-5-17(15)13-22)16-6-3-7-19(12-16)29(26,27)21-18-9-11-28(24,25)14-18/h3,6-7,12,15,17-18,21H,1-2,4-5,8-11,13-14H2. The van der Waals surface area contributed by atoms with Gasteiger partial charge in [-0.15, -0.1) is 0 Å². The van der Waals surface area contributed by atoms with Crippen LogP contribution in [0.15, 0.2) is 29.2 Å². The fraction of sp³-hybridized carbons (Fsp3) is 0.650.